The lowest BCUT2D eigenvalue weighted by Gasteiger charge is -2.29. The van der Waals surface area contributed by atoms with E-state index in [1.807, 2.05) is 6.08 Å². The third-order valence-electron chi connectivity index (χ3n) is 3.35. The SMILES string of the molecule is C=CC(=C)N(CCCCCC(=C)CC(C)C)C(C)C. The summed E-state index contributed by atoms with van der Waals surface area (Å²) in [5.74, 6) is 0.736. The van der Waals surface area contributed by atoms with E-state index in [2.05, 4.69) is 52.3 Å². The van der Waals surface area contributed by atoms with E-state index in [0.29, 0.717) is 6.04 Å². The summed E-state index contributed by atoms with van der Waals surface area (Å²) in [4.78, 5) is 2.33. The molecule has 0 spiro atoms. The molecule has 0 heterocycles. The Morgan fingerprint density at radius 3 is 2.16 bits per heavy atom. The van der Waals surface area contributed by atoms with Gasteiger partial charge >= 0.3 is 0 Å². The first kappa shape index (κ1) is 18.0. The second-order valence-electron chi connectivity index (χ2n) is 6.14. The van der Waals surface area contributed by atoms with Crippen LogP contribution in [-0.4, -0.2) is 17.5 Å². The monoisotopic (exact) mass is 263 g/mol. The summed E-state index contributed by atoms with van der Waals surface area (Å²) in [7, 11) is 0. The topological polar surface area (TPSA) is 3.24 Å². The number of rotatable bonds is 11. The quantitative estimate of drug-likeness (QED) is 0.268. The molecule has 0 aromatic rings. The average molecular weight is 263 g/mol. The van der Waals surface area contributed by atoms with Gasteiger partial charge in [0.15, 0.2) is 0 Å². The van der Waals surface area contributed by atoms with Crippen molar-refractivity contribution in [2.45, 2.75) is 65.8 Å². The van der Waals surface area contributed by atoms with Crippen LogP contribution in [0.15, 0.2) is 37.1 Å². The zero-order valence-corrected chi connectivity index (χ0v) is 13.5. The molecule has 0 fully saturated rings. The highest BCUT2D eigenvalue weighted by molar-refractivity contribution is 5.10. The molecule has 0 rings (SSSR count). The van der Waals surface area contributed by atoms with E-state index in [1.54, 1.807) is 0 Å². The summed E-state index contributed by atoms with van der Waals surface area (Å²) in [5, 5.41) is 0. The normalized spacial score (nSPS) is 10.8. The minimum atomic E-state index is 0.501. The predicted octanol–water partition coefficient (Wildman–Crippen LogP) is 5.56. The second-order valence-corrected chi connectivity index (χ2v) is 6.14. The molecule has 1 nitrogen and oxygen atoms in total. The standard InChI is InChI=1S/C18H33N/c1-8-18(7)19(16(4)5)13-11-9-10-12-17(6)14-15(2)3/h8,15-16H,1,6-7,9-14H2,2-5H3. The molecular formula is C18H33N. The van der Waals surface area contributed by atoms with Crippen LogP contribution < -0.4 is 0 Å². The average Bonchev–Trinajstić information content (AvgIpc) is 2.31. The highest BCUT2D eigenvalue weighted by atomic mass is 15.1. The first-order chi connectivity index (χ1) is 8.88. The molecule has 0 saturated carbocycles. The number of hydrogen-bond acceptors (Lipinski definition) is 1. The van der Waals surface area contributed by atoms with Crippen LogP contribution in [-0.2, 0) is 0 Å². The Morgan fingerprint density at radius 1 is 1.05 bits per heavy atom. The van der Waals surface area contributed by atoms with Gasteiger partial charge in [0.05, 0.1) is 0 Å². The van der Waals surface area contributed by atoms with Crippen LogP contribution >= 0.6 is 0 Å². The number of allylic oxidation sites excluding steroid dienone is 2. The van der Waals surface area contributed by atoms with E-state index in [0.717, 1.165) is 18.2 Å². The molecule has 1 heteroatoms. The lowest BCUT2D eigenvalue weighted by molar-refractivity contribution is 0.286. The molecule has 0 aromatic carbocycles. The Balaban J connectivity index is 3.80. The van der Waals surface area contributed by atoms with Crippen molar-refractivity contribution in [3.05, 3.63) is 37.1 Å². The zero-order valence-electron chi connectivity index (χ0n) is 13.5. The largest absolute Gasteiger partial charge is 0.370 e. The van der Waals surface area contributed by atoms with Crippen molar-refractivity contribution in [3.63, 3.8) is 0 Å². The number of nitrogens with zero attached hydrogens (tertiary/aromatic N) is 1. The molecule has 0 aliphatic carbocycles. The van der Waals surface area contributed by atoms with Crippen molar-refractivity contribution < 1.29 is 0 Å². The summed E-state index contributed by atoms with van der Waals surface area (Å²) in [5.41, 5.74) is 2.45. The van der Waals surface area contributed by atoms with E-state index < -0.39 is 0 Å². The van der Waals surface area contributed by atoms with Crippen LogP contribution in [0.1, 0.15) is 59.8 Å². The van der Waals surface area contributed by atoms with Gasteiger partial charge in [-0.1, -0.05) is 45.6 Å². The van der Waals surface area contributed by atoms with Gasteiger partial charge in [0.2, 0.25) is 0 Å². The summed E-state index contributed by atoms with van der Waals surface area (Å²) in [6, 6.07) is 0.501. The Morgan fingerprint density at radius 2 is 1.68 bits per heavy atom. The van der Waals surface area contributed by atoms with Crippen LogP contribution in [0.2, 0.25) is 0 Å². The smallest absolute Gasteiger partial charge is 0.0289 e. The molecule has 0 amide bonds. The third kappa shape index (κ3) is 8.69. The van der Waals surface area contributed by atoms with Crippen molar-refractivity contribution in [1.29, 1.82) is 0 Å². The molecule has 0 aliphatic rings. The van der Waals surface area contributed by atoms with Gasteiger partial charge in [-0.15, -0.1) is 0 Å². The lowest BCUT2D eigenvalue weighted by Crippen LogP contribution is -2.30. The van der Waals surface area contributed by atoms with Gasteiger partial charge in [-0.3, -0.25) is 0 Å². The summed E-state index contributed by atoms with van der Waals surface area (Å²) in [6.45, 7) is 22.0. The van der Waals surface area contributed by atoms with Gasteiger partial charge in [0.1, 0.15) is 0 Å². The van der Waals surface area contributed by atoms with E-state index in [-0.39, 0.29) is 0 Å². The van der Waals surface area contributed by atoms with Crippen molar-refractivity contribution in [3.8, 4) is 0 Å². The number of hydrogen-bond donors (Lipinski definition) is 0. The maximum absolute atomic E-state index is 4.16. The fourth-order valence-electron chi connectivity index (χ4n) is 2.36. The maximum atomic E-state index is 4.16. The number of unbranched alkanes of at least 4 members (excludes halogenated alkanes) is 2. The predicted molar refractivity (Wildman–Crippen MR) is 88.2 cm³/mol. The van der Waals surface area contributed by atoms with Crippen LogP contribution in [0, 0.1) is 5.92 Å². The maximum Gasteiger partial charge on any atom is 0.0289 e. The first-order valence-electron chi connectivity index (χ1n) is 7.63. The van der Waals surface area contributed by atoms with Crippen LogP contribution in [0.4, 0.5) is 0 Å². The van der Waals surface area contributed by atoms with Gasteiger partial charge in [-0.05, 0) is 51.5 Å². The van der Waals surface area contributed by atoms with Gasteiger partial charge in [-0.25, -0.2) is 0 Å². The van der Waals surface area contributed by atoms with Crippen molar-refractivity contribution in [2.24, 2.45) is 5.92 Å². The van der Waals surface area contributed by atoms with Crippen molar-refractivity contribution >= 4 is 0 Å². The van der Waals surface area contributed by atoms with Gasteiger partial charge in [-0.2, -0.15) is 0 Å². The fraction of sp³-hybridized carbons (Fsp3) is 0.667. The highest BCUT2D eigenvalue weighted by Crippen LogP contribution is 2.16. The summed E-state index contributed by atoms with van der Waals surface area (Å²) in [6.07, 6.45) is 7.96. The Kier molecular flexibility index (Phi) is 9.38. The van der Waals surface area contributed by atoms with Crippen LogP contribution in [0.3, 0.4) is 0 Å². The molecule has 19 heavy (non-hydrogen) atoms. The van der Waals surface area contributed by atoms with Crippen LogP contribution in [0.5, 0.6) is 0 Å². The summed E-state index contributed by atoms with van der Waals surface area (Å²) < 4.78 is 0. The minimum Gasteiger partial charge on any atom is -0.370 e. The lowest BCUT2D eigenvalue weighted by atomic mass is 9.99. The van der Waals surface area contributed by atoms with Gasteiger partial charge in [0.25, 0.3) is 0 Å². The molecular weight excluding hydrogens is 230 g/mol. The second kappa shape index (κ2) is 9.89. The zero-order chi connectivity index (χ0) is 14.8. The van der Waals surface area contributed by atoms with E-state index in [1.165, 1.54) is 37.7 Å². The molecule has 0 aliphatic heterocycles. The first-order valence-corrected chi connectivity index (χ1v) is 7.63. The molecule has 0 aromatic heterocycles. The molecule has 110 valence electrons. The molecule has 0 atom stereocenters. The van der Waals surface area contributed by atoms with Crippen molar-refractivity contribution in [2.75, 3.05) is 6.54 Å². The van der Waals surface area contributed by atoms with E-state index >= 15 is 0 Å². The fourth-order valence-corrected chi connectivity index (χ4v) is 2.36. The Hall–Kier alpha value is -0.980. The molecule has 0 unspecified atom stereocenters. The molecule has 0 bridgehead atoms. The van der Waals surface area contributed by atoms with Gasteiger partial charge in [0, 0.05) is 18.3 Å². The van der Waals surface area contributed by atoms with E-state index in [9.17, 15) is 0 Å². The van der Waals surface area contributed by atoms with E-state index in [4.69, 9.17) is 0 Å². The van der Waals surface area contributed by atoms with Gasteiger partial charge < -0.3 is 4.90 Å². The molecule has 0 saturated heterocycles. The third-order valence-corrected chi connectivity index (χ3v) is 3.35. The Bertz CT molecular complexity index is 286. The molecule has 0 N–H and O–H groups in total. The summed E-state index contributed by atoms with van der Waals surface area (Å²) >= 11 is 0. The Labute approximate surface area is 121 Å². The van der Waals surface area contributed by atoms with Crippen LogP contribution in [0.25, 0.3) is 0 Å². The molecule has 0 radical (unpaired) electrons. The highest BCUT2D eigenvalue weighted by Gasteiger charge is 2.08. The van der Waals surface area contributed by atoms with Crippen molar-refractivity contribution in [1.82, 2.24) is 4.90 Å². The minimum absolute atomic E-state index is 0.501.